The molecule has 1 atom stereocenters. The monoisotopic (exact) mass is 555 g/mol. The molecule has 3 amide bonds. The fourth-order valence-electron chi connectivity index (χ4n) is 6.15. The average Bonchev–Trinajstić information content (AvgIpc) is 3.42. The van der Waals surface area contributed by atoms with E-state index in [1.165, 1.54) is 25.2 Å². The van der Waals surface area contributed by atoms with Gasteiger partial charge < -0.3 is 15.5 Å². The molecule has 0 radical (unpaired) electrons. The number of fused-ring (bicyclic) bond motifs is 3. The number of nitrogens with zero attached hydrogens (tertiary/aromatic N) is 3. The first-order valence-corrected chi connectivity index (χ1v) is 14.1. The molecule has 3 heterocycles. The SMILES string of the molecule is CC(C)(F)C(=O)N(CC(=O)Nc1ccc2c(c1)CC1(C2)C(=O)Nc2ncccc21)Cc1ccccc1CN1CCC1. The second-order valence-electron chi connectivity index (χ2n) is 11.9. The summed E-state index contributed by atoms with van der Waals surface area (Å²) in [5.74, 6) is -0.610. The molecule has 0 bridgehead atoms. The first-order valence-electron chi connectivity index (χ1n) is 14.1. The minimum Gasteiger partial charge on any atom is -0.326 e. The molecule has 2 aliphatic heterocycles. The Morgan fingerprint density at radius 2 is 1.83 bits per heavy atom. The number of halogens is 1. The van der Waals surface area contributed by atoms with Crippen LogP contribution in [0.2, 0.25) is 0 Å². The van der Waals surface area contributed by atoms with Gasteiger partial charge in [0.1, 0.15) is 12.4 Å². The van der Waals surface area contributed by atoms with E-state index in [1.807, 2.05) is 48.5 Å². The summed E-state index contributed by atoms with van der Waals surface area (Å²) in [5, 5.41) is 5.80. The molecule has 2 N–H and O–H groups in total. The molecule has 2 aromatic carbocycles. The largest absolute Gasteiger partial charge is 0.326 e. The second-order valence-corrected chi connectivity index (χ2v) is 11.9. The van der Waals surface area contributed by atoms with E-state index < -0.39 is 22.9 Å². The predicted octanol–water partition coefficient (Wildman–Crippen LogP) is 3.99. The van der Waals surface area contributed by atoms with Crippen LogP contribution in [0.4, 0.5) is 15.9 Å². The van der Waals surface area contributed by atoms with Gasteiger partial charge in [-0.3, -0.25) is 19.3 Å². The van der Waals surface area contributed by atoms with Gasteiger partial charge in [0.05, 0.1) is 5.41 Å². The van der Waals surface area contributed by atoms with Gasteiger partial charge >= 0.3 is 0 Å². The number of benzene rings is 2. The minimum absolute atomic E-state index is 0.0645. The lowest BCUT2D eigenvalue weighted by Crippen LogP contribution is -2.46. The fraction of sp³-hybridized carbons (Fsp3) is 0.375. The van der Waals surface area contributed by atoms with Crippen LogP contribution in [-0.2, 0) is 45.7 Å². The van der Waals surface area contributed by atoms with Crippen LogP contribution in [0.25, 0.3) is 0 Å². The van der Waals surface area contributed by atoms with Gasteiger partial charge in [-0.2, -0.15) is 0 Å². The highest BCUT2D eigenvalue weighted by molar-refractivity contribution is 6.06. The van der Waals surface area contributed by atoms with Gasteiger partial charge in [0.2, 0.25) is 11.8 Å². The number of carbonyl (C=O) groups excluding carboxylic acids is 3. The van der Waals surface area contributed by atoms with Crippen LogP contribution in [0.3, 0.4) is 0 Å². The normalized spacial score (nSPS) is 19.3. The molecule has 212 valence electrons. The van der Waals surface area contributed by atoms with Crippen LogP contribution in [0, 0.1) is 0 Å². The molecule has 1 spiro atoms. The van der Waals surface area contributed by atoms with E-state index in [1.54, 1.807) is 12.3 Å². The summed E-state index contributed by atoms with van der Waals surface area (Å²) in [5.41, 5.74) is 2.64. The van der Waals surface area contributed by atoms with Gasteiger partial charge in [-0.15, -0.1) is 0 Å². The Morgan fingerprint density at radius 1 is 1.07 bits per heavy atom. The van der Waals surface area contributed by atoms with Crippen molar-refractivity contribution in [2.75, 3.05) is 30.3 Å². The summed E-state index contributed by atoms with van der Waals surface area (Å²) >= 11 is 0. The third-order valence-electron chi connectivity index (χ3n) is 8.42. The van der Waals surface area contributed by atoms with Gasteiger partial charge in [0, 0.05) is 30.5 Å². The second kappa shape index (κ2) is 10.4. The zero-order valence-corrected chi connectivity index (χ0v) is 23.4. The molecule has 8 nitrogen and oxygen atoms in total. The number of rotatable bonds is 8. The van der Waals surface area contributed by atoms with Crippen LogP contribution >= 0.6 is 0 Å². The molecule has 1 aliphatic carbocycles. The van der Waals surface area contributed by atoms with Crippen molar-refractivity contribution in [3.05, 3.63) is 88.6 Å². The number of nitrogens with one attached hydrogen (secondary N) is 2. The van der Waals surface area contributed by atoms with E-state index in [2.05, 4.69) is 20.5 Å². The van der Waals surface area contributed by atoms with Crippen molar-refractivity contribution < 1.29 is 18.8 Å². The highest BCUT2D eigenvalue weighted by atomic mass is 19.1. The Kier molecular flexibility index (Phi) is 6.85. The zero-order valence-electron chi connectivity index (χ0n) is 23.4. The van der Waals surface area contributed by atoms with Crippen molar-refractivity contribution in [3.8, 4) is 0 Å². The molecule has 6 rings (SSSR count). The van der Waals surface area contributed by atoms with Crippen molar-refractivity contribution in [2.24, 2.45) is 0 Å². The molecule has 1 fully saturated rings. The predicted molar refractivity (Wildman–Crippen MR) is 154 cm³/mol. The lowest BCUT2D eigenvalue weighted by atomic mass is 9.79. The molecule has 1 unspecified atom stereocenters. The molecule has 41 heavy (non-hydrogen) atoms. The van der Waals surface area contributed by atoms with E-state index in [-0.39, 0.29) is 19.0 Å². The third kappa shape index (κ3) is 5.22. The van der Waals surface area contributed by atoms with E-state index >= 15 is 0 Å². The number of hydrogen-bond donors (Lipinski definition) is 2. The quantitative estimate of drug-likeness (QED) is 0.439. The summed E-state index contributed by atoms with van der Waals surface area (Å²) in [4.78, 5) is 47.3. The van der Waals surface area contributed by atoms with Gasteiger partial charge in [0.25, 0.3) is 5.91 Å². The van der Waals surface area contributed by atoms with Crippen molar-refractivity contribution in [2.45, 2.75) is 57.3 Å². The number of alkyl halides is 1. The molecule has 1 saturated heterocycles. The number of amides is 3. The maximum absolute atomic E-state index is 14.9. The fourth-order valence-corrected chi connectivity index (χ4v) is 6.15. The Balaban J connectivity index is 1.18. The first-order chi connectivity index (χ1) is 19.6. The van der Waals surface area contributed by atoms with Crippen molar-refractivity contribution in [3.63, 3.8) is 0 Å². The van der Waals surface area contributed by atoms with Crippen molar-refractivity contribution in [1.82, 2.24) is 14.8 Å². The van der Waals surface area contributed by atoms with E-state index in [0.717, 1.165) is 47.5 Å². The number of carbonyl (C=O) groups is 3. The van der Waals surface area contributed by atoms with Gasteiger partial charge in [0.15, 0.2) is 5.67 Å². The Labute approximate surface area is 238 Å². The molecule has 1 aromatic heterocycles. The molecular formula is C32H34FN5O3. The van der Waals surface area contributed by atoms with Gasteiger partial charge in [-0.25, -0.2) is 9.37 Å². The Morgan fingerprint density at radius 3 is 2.56 bits per heavy atom. The summed E-state index contributed by atoms with van der Waals surface area (Å²) in [6, 6.07) is 17.2. The van der Waals surface area contributed by atoms with Gasteiger partial charge in [-0.05, 0) is 86.7 Å². The minimum atomic E-state index is -2.12. The standard InChI is InChI=1S/C32H34FN5O3/c1-31(2,33)30(41)38(19-23-8-4-3-7-22(23)18-37-13-6-14-37)20-27(39)35-25-11-10-21-16-32(17-24(21)15-25)26-9-5-12-34-28(26)36-29(32)40/h3-5,7-12,15H,6,13-14,16-20H2,1-2H3,(H,35,39)(H,34,36,40). The highest BCUT2D eigenvalue weighted by Gasteiger charge is 2.51. The van der Waals surface area contributed by atoms with E-state index in [4.69, 9.17) is 0 Å². The summed E-state index contributed by atoms with van der Waals surface area (Å²) in [7, 11) is 0. The molecular weight excluding hydrogens is 521 g/mol. The molecule has 3 aromatic rings. The van der Waals surface area contributed by atoms with Crippen LogP contribution in [0.5, 0.6) is 0 Å². The summed E-state index contributed by atoms with van der Waals surface area (Å²) in [6.07, 6.45) is 3.90. The molecule has 3 aliphatic rings. The van der Waals surface area contributed by atoms with Crippen LogP contribution in [0.15, 0.2) is 60.8 Å². The van der Waals surface area contributed by atoms with Gasteiger partial charge in [-0.1, -0.05) is 36.4 Å². The van der Waals surface area contributed by atoms with E-state index in [9.17, 15) is 18.8 Å². The lowest BCUT2D eigenvalue weighted by Gasteiger charge is -2.32. The average molecular weight is 556 g/mol. The molecule has 9 heteroatoms. The lowest BCUT2D eigenvalue weighted by molar-refractivity contribution is -0.144. The number of pyridine rings is 1. The first kappa shape index (κ1) is 27.1. The highest BCUT2D eigenvalue weighted by Crippen LogP contribution is 2.46. The third-order valence-corrected chi connectivity index (χ3v) is 8.42. The zero-order chi connectivity index (χ0) is 28.8. The van der Waals surface area contributed by atoms with Crippen molar-refractivity contribution in [1.29, 1.82) is 0 Å². The van der Waals surface area contributed by atoms with Crippen LogP contribution in [-0.4, -0.2) is 57.8 Å². The number of hydrogen-bond acceptors (Lipinski definition) is 5. The topological polar surface area (TPSA) is 94.6 Å². The van der Waals surface area contributed by atoms with E-state index in [0.29, 0.717) is 24.3 Å². The summed E-state index contributed by atoms with van der Waals surface area (Å²) < 4.78 is 14.9. The Hall–Kier alpha value is -4.11. The molecule has 0 saturated carbocycles. The number of likely N-dealkylation sites (tertiary alicyclic amines) is 1. The van der Waals surface area contributed by atoms with Crippen LogP contribution in [0.1, 0.15) is 48.1 Å². The summed E-state index contributed by atoms with van der Waals surface area (Å²) in [6.45, 7) is 5.12. The smallest absolute Gasteiger partial charge is 0.260 e. The number of aromatic nitrogens is 1. The maximum Gasteiger partial charge on any atom is 0.260 e. The van der Waals surface area contributed by atoms with Crippen molar-refractivity contribution >= 4 is 29.2 Å². The number of anilines is 2. The Bertz CT molecular complexity index is 1530. The van der Waals surface area contributed by atoms with Crippen LogP contribution < -0.4 is 10.6 Å². The maximum atomic E-state index is 14.9.